The molecule has 6 heteroatoms. The van der Waals surface area contributed by atoms with Gasteiger partial charge in [-0.25, -0.2) is 0 Å². The van der Waals surface area contributed by atoms with Crippen molar-refractivity contribution in [3.05, 3.63) is 134 Å². The van der Waals surface area contributed by atoms with Gasteiger partial charge in [0.15, 0.2) is 6.10 Å². The van der Waals surface area contributed by atoms with Crippen LogP contribution in [0.1, 0.15) is 220 Å². The van der Waals surface area contributed by atoms with Crippen LogP contribution in [-0.2, 0) is 28.6 Å². The smallest absolute Gasteiger partial charge is 0.306 e. The Hall–Kier alpha value is -4.45. The van der Waals surface area contributed by atoms with Gasteiger partial charge in [0.05, 0.1) is 0 Å². The molecule has 0 aromatic rings. The average molecular weight is 939 g/mol. The number of hydrogen-bond donors (Lipinski definition) is 0. The predicted octanol–water partition coefficient (Wildman–Crippen LogP) is 18.3. The van der Waals surface area contributed by atoms with Crippen LogP contribution < -0.4 is 0 Å². The van der Waals surface area contributed by atoms with Crippen LogP contribution in [0.5, 0.6) is 0 Å². The van der Waals surface area contributed by atoms with E-state index in [-0.39, 0.29) is 44.0 Å². The minimum Gasteiger partial charge on any atom is -0.462 e. The van der Waals surface area contributed by atoms with Gasteiger partial charge in [-0.15, -0.1) is 0 Å². The molecule has 0 saturated heterocycles. The molecule has 68 heavy (non-hydrogen) atoms. The highest BCUT2D eigenvalue weighted by atomic mass is 16.6. The number of esters is 3. The summed E-state index contributed by atoms with van der Waals surface area (Å²) in [6.07, 6.45) is 77.3. The lowest BCUT2D eigenvalue weighted by molar-refractivity contribution is -0.167. The second-order valence-corrected chi connectivity index (χ2v) is 17.4. The van der Waals surface area contributed by atoms with E-state index in [0.717, 1.165) is 109 Å². The summed E-state index contributed by atoms with van der Waals surface area (Å²) >= 11 is 0. The number of rotatable bonds is 47. The SMILES string of the molecule is CC/C=C\C/C=C\C/C=C\C/C=C\C/C=C\C/C=C\C/C=C\CCCC(=O)OCC(COC(=O)CCCCCCCCCCCCCC)OC(=O)CCCC/C=C\C/C=C\C/C=C\C/C=C\CC. The highest BCUT2D eigenvalue weighted by Gasteiger charge is 2.19. The zero-order valence-corrected chi connectivity index (χ0v) is 43.6. The molecule has 382 valence electrons. The third kappa shape index (κ3) is 52.5. The Balaban J connectivity index is 4.53. The van der Waals surface area contributed by atoms with Crippen molar-refractivity contribution in [1.29, 1.82) is 0 Å². The van der Waals surface area contributed by atoms with E-state index in [0.29, 0.717) is 19.3 Å². The third-order valence-corrected chi connectivity index (χ3v) is 10.9. The van der Waals surface area contributed by atoms with E-state index in [2.05, 4.69) is 154 Å². The summed E-state index contributed by atoms with van der Waals surface area (Å²) in [6, 6.07) is 0. The first-order chi connectivity index (χ1) is 33.5. The number of hydrogen-bond acceptors (Lipinski definition) is 6. The molecule has 6 nitrogen and oxygen atoms in total. The van der Waals surface area contributed by atoms with Gasteiger partial charge in [0.1, 0.15) is 13.2 Å². The lowest BCUT2D eigenvalue weighted by Crippen LogP contribution is -2.30. The van der Waals surface area contributed by atoms with Crippen LogP contribution in [-0.4, -0.2) is 37.2 Å². The molecule has 1 atom stereocenters. The molecule has 0 bridgehead atoms. The Kier molecular flexibility index (Phi) is 51.5. The second kappa shape index (κ2) is 55.1. The van der Waals surface area contributed by atoms with Gasteiger partial charge in [-0.2, -0.15) is 0 Å². The summed E-state index contributed by atoms with van der Waals surface area (Å²) in [5, 5.41) is 0. The second-order valence-electron chi connectivity index (χ2n) is 17.4. The molecule has 0 radical (unpaired) electrons. The summed E-state index contributed by atoms with van der Waals surface area (Å²) in [4.78, 5) is 38.0. The molecule has 0 spiro atoms. The first-order valence-electron chi connectivity index (χ1n) is 27.2. The number of allylic oxidation sites excluding steroid dienone is 22. The zero-order chi connectivity index (χ0) is 49.3. The van der Waals surface area contributed by atoms with Gasteiger partial charge in [-0.05, 0) is 109 Å². The van der Waals surface area contributed by atoms with Crippen LogP contribution in [0.15, 0.2) is 134 Å². The van der Waals surface area contributed by atoms with Gasteiger partial charge in [0.2, 0.25) is 0 Å². The summed E-state index contributed by atoms with van der Waals surface area (Å²) < 4.78 is 16.7. The molecule has 0 amide bonds. The van der Waals surface area contributed by atoms with Gasteiger partial charge < -0.3 is 14.2 Å². The van der Waals surface area contributed by atoms with Crippen molar-refractivity contribution >= 4 is 17.9 Å². The number of carbonyl (C=O) groups excluding carboxylic acids is 3. The normalized spacial score (nSPS) is 13.2. The minimum absolute atomic E-state index is 0.116. The van der Waals surface area contributed by atoms with E-state index in [1.807, 2.05) is 0 Å². The van der Waals surface area contributed by atoms with Crippen LogP contribution in [0.4, 0.5) is 0 Å². The Labute approximate surface area is 417 Å². The maximum Gasteiger partial charge on any atom is 0.306 e. The molecule has 0 aliphatic rings. The highest BCUT2D eigenvalue weighted by Crippen LogP contribution is 2.14. The minimum atomic E-state index is -0.826. The van der Waals surface area contributed by atoms with Crippen LogP contribution in [0, 0.1) is 0 Å². The van der Waals surface area contributed by atoms with Crippen molar-refractivity contribution in [1.82, 2.24) is 0 Å². The molecular formula is C62H98O6. The lowest BCUT2D eigenvalue weighted by atomic mass is 10.0. The predicted molar refractivity (Wildman–Crippen MR) is 292 cm³/mol. The van der Waals surface area contributed by atoms with Crippen molar-refractivity contribution < 1.29 is 28.6 Å². The molecule has 0 aliphatic heterocycles. The summed E-state index contributed by atoms with van der Waals surface area (Å²) in [6.45, 7) is 6.31. The largest absolute Gasteiger partial charge is 0.462 e. The molecule has 1 unspecified atom stereocenters. The van der Waals surface area contributed by atoms with E-state index in [4.69, 9.17) is 14.2 Å². The topological polar surface area (TPSA) is 78.9 Å². The molecule has 0 aromatic carbocycles. The average Bonchev–Trinajstić information content (AvgIpc) is 3.34. The molecule has 0 rings (SSSR count). The maximum atomic E-state index is 12.8. The van der Waals surface area contributed by atoms with Crippen LogP contribution >= 0.6 is 0 Å². The van der Waals surface area contributed by atoms with Gasteiger partial charge >= 0.3 is 17.9 Å². The van der Waals surface area contributed by atoms with Gasteiger partial charge in [-0.1, -0.05) is 225 Å². The van der Waals surface area contributed by atoms with Gasteiger partial charge in [0, 0.05) is 19.3 Å². The van der Waals surface area contributed by atoms with E-state index in [1.54, 1.807) is 0 Å². The maximum absolute atomic E-state index is 12.8. The van der Waals surface area contributed by atoms with E-state index >= 15 is 0 Å². The summed E-state index contributed by atoms with van der Waals surface area (Å²) in [7, 11) is 0. The van der Waals surface area contributed by atoms with Crippen LogP contribution in [0.2, 0.25) is 0 Å². The molecule has 0 N–H and O–H groups in total. The first-order valence-corrected chi connectivity index (χ1v) is 27.2. The Morgan fingerprint density at radius 2 is 0.588 bits per heavy atom. The summed E-state index contributed by atoms with van der Waals surface area (Å²) in [5.74, 6) is -1.03. The van der Waals surface area contributed by atoms with Crippen molar-refractivity contribution in [2.75, 3.05) is 13.2 Å². The van der Waals surface area contributed by atoms with Crippen molar-refractivity contribution in [3.63, 3.8) is 0 Å². The fourth-order valence-electron chi connectivity index (χ4n) is 6.89. The van der Waals surface area contributed by atoms with Gasteiger partial charge in [0.25, 0.3) is 0 Å². The molecule has 0 aromatic heterocycles. The third-order valence-electron chi connectivity index (χ3n) is 10.9. The number of carbonyl (C=O) groups is 3. The van der Waals surface area contributed by atoms with Crippen LogP contribution in [0.3, 0.4) is 0 Å². The van der Waals surface area contributed by atoms with E-state index in [1.165, 1.54) is 57.8 Å². The standard InChI is InChI=1S/C62H98O6/c1-4-7-10-13-16-19-22-25-27-28-29-30-31-32-33-34-36-37-40-43-46-49-52-55-61(64)67-58-59(57-66-60(63)54-51-48-45-42-39-24-21-18-15-12-9-6-3)68-62(65)56-53-50-47-44-41-38-35-26-23-20-17-14-11-8-5-2/h7-8,10-11,16-17,19-20,25-27,29-30,32-33,35-37,41,43-44,46,59H,4-6,9,12-15,18,21-24,28,31,34,38-40,42,45,47-58H2,1-3H3/b10-7-,11-8-,19-16-,20-17-,27-25-,30-29-,33-32-,35-26-,37-36-,44-41-,46-43-. The van der Waals surface area contributed by atoms with Crippen molar-refractivity contribution in [2.24, 2.45) is 0 Å². The molecule has 0 heterocycles. The fraction of sp³-hybridized carbons (Fsp3) is 0.597. The molecule has 0 aliphatic carbocycles. The number of unbranched alkanes of at least 4 members (excludes halogenated alkanes) is 14. The highest BCUT2D eigenvalue weighted by molar-refractivity contribution is 5.71. The zero-order valence-electron chi connectivity index (χ0n) is 43.6. The van der Waals surface area contributed by atoms with Crippen molar-refractivity contribution in [2.45, 2.75) is 226 Å². The Morgan fingerprint density at radius 1 is 0.309 bits per heavy atom. The Bertz CT molecular complexity index is 1500. The summed E-state index contributed by atoms with van der Waals surface area (Å²) in [5.41, 5.74) is 0. The molecule has 0 saturated carbocycles. The van der Waals surface area contributed by atoms with Crippen LogP contribution in [0.25, 0.3) is 0 Å². The van der Waals surface area contributed by atoms with E-state index < -0.39 is 6.10 Å². The number of ether oxygens (including phenoxy) is 3. The van der Waals surface area contributed by atoms with Gasteiger partial charge in [-0.3, -0.25) is 14.4 Å². The lowest BCUT2D eigenvalue weighted by Gasteiger charge is -2.18. The molecular weight excluding hydrogens is 841 g/mol. The van der Waals surface area contributed by atoms with Crippen molar-refractivity contribution in [3.8, 4) is 0 Å². The fourth-order valence-corrected chi connectivity index (χ4v) is 6.89. The van der Waals surface area contributed by atoms with E-state index in [9.17, 15) is 14.4 Å². The Morgan fingerprint density at radius 3 is 0.956 bits per heavy atom. The monoisotopic (exact) mass is 939 g/mol. The molecule has 0 fully saturated rings. The quantitative estimate of drug-likeness (QED) is 0.0262. The first kappa shape index (κ1) is 63.5.